The van der Waals surface area contributed by atoms with Gasteiger partial charge in [0, 0.05) is 20.0 Å². The lowest BCUT2D eigenvalue weighted by Crippen LogP contribution is -2.66. The molecule has 0 radical (unpaired) electrons. The fraction of sp³-hybridized carbons (Fsp3) is 0.714. The van der Waals surface area contributed by atoms with Crippen molar-refractivity contribution in [2.24, 2.45) is 5.92 Å². The quantitative estimate of drug-likeness (QED) is 0.661. The standard InChI is InChI=1S/C14H21N3O4/c1-9(18)16-6-4-5-10(7-16)12(20)17-8-11(19)15-13(21)14(17,2)3/h10H,4-8H2,1-3H3,(H,15,19,21). The highest BCUT2D eigenvalue weighted by molar-refractivity contribution is 6.06. The number of nitrogens with zero attached hydrogens (tertiary/aromatic N) is 2. The van der Waals surface area contributed by atoms with Crippen molar-refractivity contribution < 1.29 is 19.2 Å². The lowest BCUT2D eigenvalue weighted by molar-refractivity contribution is -0.159. The third kappa shape index (κ3) is 2.91. The monoisotopic (exact) mass is 295 g/mol. The van der Waals surface area contributed by atoms with E-state index in [9.17, 15) is 19.2 Å². The number of amides is 4. The summed E-state index contributed by atoms with van der Waals surface area (Å²) in [5, 5.41) is 2.25. The number of likely N-dealkylation sites (tertiary alicyclic amines) is 1. The molecule has 0 aromatic carbocycles. The summed E-state index contributed by atoms with van der Waals surface area (Å²) in [6, 6.07) is 0. The molecule has 0 aliphatic carbocycles. The number of imide groups is 1. The number of nitrogens with one attached hydrogen (secondary N) is 1. The number of piperazine rings is 1. The third-order valence-electron chi connectivity index (χ3n) is 4.27. The van der Waals surface area contributed by atoms with Gasteiger partial charge in [0.05, 0.1) is 5.92 Å². The summed E-state index contributed by atoms with van der Waals surface area (Å²) in [7, 11) is 0. The summed E-state index contributed by atoms with van der Waals surface area (Å²) in [6.45, 7) is 5.62. The Morgan fingerprint density at radius 2 is 1.95 bits per heavy atom. The molecule has 0 spiro atoms. The van der Waals surface area contributed by atoms with Crippen LogP contribution >= 0.6 is 0 Å². The van der Waals surface area contributed by atoms with Crippen molar-refractivity contribution in [3.63, 3.8) is 0 Å². The predicted octanol–water partition coefficient (Wildman–Crippen LogP) is -0.491. The summed E-state index contributed by atoms with van der Waals surface area (Å²) >= 11 is 0. The molecule has 1 unspecified atom stereocenters. The van der Waals surface area contributed by atoms with E-state index >= 15 is 0 Å². The summed E-state index contributed by atoms with van der Waals surface area (Å²) in [6.07, 6.45) is 1.43. The molecule has 2 saturated heterocycles. The number of hydrogen-bond donors (Lipinski definition) is 1. The Morgan fingerprint density at radius 3 is 2.57 bits per heavy atom. The first-order valence-corrected chi connectivity index (χ1v) is 7.14. The van der Waals surface area contributed by atoms with Crippen LogP contribution in [-0.2, 0) is 19.2 Å². The Bertz CT molecular complexity index is 500. The van der Waals surface area contributed by atoms with Gasteiger partial charge in [-0.2, -0.15) is 0 Å². The second kappa shape index (κ2) is 5.46. The van der Waals surface area contributed by atoms with Crippen LogP contribution in [0.15, 0.2) is 0 Å². The summed E-state index contributed by atoms with van der Waals surface area (Å²) in [5.74, 6) is -1.56. The molecule has 4 amide bonds. The van der Waals surface area contributed by atoms with Crippen molar-refractivity contribution in [2.45, 2.75) is 39.2 Å². The number of hydrogen-bond acceptors (Lipinski definition) is 4. The van der Waals surface area contributed by atoms with E-state index in [0.717, 1.165) is 6.42 Å². The van der Waals surface area contributed by atoms with Gasteiger partial charge in [-0.3, -0.25) is 24.5 Å². The first-order chi connectivity index (χ1) is 9.73. The van der Waals surface area contributed by atoms with Crippen LogP contribution in [0, 0.1) is 5.92 Å². The zero-order valence-electron chi connectivity index (χ0n) is 12.6. The largest absolute Gasteiger partial charge is 0.342 e. The van der Waals surface area contributed by atoms with Crippen molar-refractivity contribution in [3.05, 3.63) is 0 Å². The lowest BCUT2D eigenvalue weighted by Gasteiger charge is -2.43. The smallest absolute Gasteiger partial charge is 0.252 e. The SMILES string of the molecule is CC(=O)N1CCCC(C(=O)N2CC(=O)NC(=O)C2(C)C)C1. The van der Waals surface area contributed by atoms with E-state index in [-0.39, 0.29) is 24.3 Å². The first kappa shape index (κ1) is 15.5. The number of carbonyl (C=O) groups excluding carboxylic acids is 4. The Hall–Kier alpha value is -1.92. The van der Waals surface area contributed by atoms with Crippen molar-refractivity contribution in [1.82, 2.24) is 15.1 Å². The summed E-state index contributed by atoms with van der Waals surface area (Å²) in [5.41, 5.74) is -1.05. The van der Waals surface area contributed by atoms with Crippen LogP contribution in [0.3, 0.4) is 0 Å². The first-order valence-electron chi connectivity index (χ1n) is 7.14. The van der Waals surface area contributed by atoms with E-state index in [1.54, 1.807) is 18.7 Å². The van der Waals surface area contributed by atoms with Gasteiger partial charge < -0.3 is 9.80 Å². The molecule has 7 nitrogen and oxygen atoms in total. The van der Waals surface area contributed by atoms with E-state index in [1.807, 2.05) is 0 Å². The van der Waals surface area contributed by atoms with Crippen LogP contribution in [0.5, 0.6) is 0 Å². The topological polar surface area (TPSA) is 86.8 Å². The average molecular weight is 295 g/mol. The van der Waals surface area contributed by atoms with Gasteiger partial charge in [-0.15, -0.1) is 0 Å². The second-order valence-corrected chi connectivity index (χ2v) is 6.16. The van der Waals surface area contributed by atoms with Crippen molar-refractivity contribution in [3.8, 4) is 0 Å². The molecule has 0 bridgehead atoms. The Balaban J connectivity index is 2.16. The van der Waals surface area contributed by atoms with Gasteiger partial charge in [0.25, 0.3) is 5.91 Å². The molecule has 1 atom stereocenters. The van der Waals surface area contributed by atoms with Crippen LogP contribution < -0.4 is 5.32 Å². The number of carbonyl (C=O) groups is 4. The van der Waals surface area contributed by atoms with Crippen molar-refractivity contribution in [2.75, 3.05) is 19.6 Å². The maximum atomic E-state index is 12.7. The molecular formula is C14H21N3O4. The second-order valence-electron chi connectivity index (χ2n) is 6.16. The highest BCUT2D eigenvalue weighted by Crippen LogP contribution is 2.25. The molecule has 0 aromatic heterocycles. The minimum absolute atomic E-state index is 0.0563. The molecule has 0 aromatic rings. The van der Waals surface area contributed by atoms with Gasteiger partial charge >= 0.3 is 0 Å². The summed E-state index contributed by atoms with van der Waals surface area (Å²) < 4.78 is 0. The summed E-state index contributed by atoms with van der Waals surface area (Å²) in [4.78, 5) is 50.6. The van der Waals surface area contributed by atoms with E-state index in [1.165, 1.54) is 11.8 Å². The van der Waals surface area contributed by atoms with E-state index < -0.39 is 17.4 Å². The molecule has 2 heterocycles. The average Bonchev–Trinajstić information content (AvgIpc) is 2.42. The maximum Gasteiger partial charge on any atom is 0.252 e. The molecule has 116 valence electrons. The van der Waals surface area contributed by atoms with Gasteiger partial charge in [-0.1, -0.05) is 0 Å². The van der Waals surface area contributed by atoms with Gasteiger partial charge in [0.1, 0.15) is 12.1 Å². The van der Waals surface area contributed by atoms with Gasteiger partial charge in [0.15, 0.2) is 0 Å². The van der Waals surface area contributed by atoms with Crippen LogP contribution in [0.4, 0.5) is 0 Å². The Kier molecular flexibility index (Phi) is 4.02. The van der Waals surface area contributed by atoms with Gasteiger partial charge in [-0.25, -0.2) is 0 Å². The van der Waals surface area contributed by atoms with E-state index in [2.05, 4.69) is 5.32 Å². The maximum absolute atomic E-state index is 12.7. The molecule has 0 saturated carbocycles. The zero-order valence-corrected chi connectivity index (χ0v) is 12.6. The Morgan fingerprint density at radius 1 is 1.29 bits per heavy atom. The van der Waals surface area contributed by atoms with Gasteiger partial charge in [0.2, 0.25) is 17.7 Å². The Labute approximate surface area is 123 Å². The fourth-order valence-corrected chi connectivity index (χ4v) is 2.82. The number of rotatable bonds is 1. The number of piperidine rings is 1. The van der Waals surface area contributed by atoms with Crippen molar-refractivity contribution in [1.29, 1.82) is 0 Å². The van der Waals surface area contributed by atoms with E-state index in [0.29, 0.717) is 19.5 Å². The van der Waals surface area contributed by atoms with Crippen LogP contribution in [0.25, 0.3) is 0 Å². The molecule has 21 heavy (non-hydrogen) atoms. The van der Waals surface area contributed by atoms with E-state index in [4.69, 9.17) is 0 Å². The normalized spacial score (nSPS) is 25.6. The molecule has 7 heteroatoms. The van der Waals surface area contributed by atoms with Crippen LogP contribution in [0.1, 0.15) is 33.6 Å². The molecule has 2 fully saturated rings. The highest BCUT2D eigenvalue weighted by Gasteiger charge is 2.45. The highest BCUT2D eigenvalue weighted by atomic mass is 16.2. The third-order valence-corrected chi connectivity index (χ3v) is 4.27. The lowest BCUT2D eigenvalue weighted by atomic mass is 9.91. The predicted molar refractivity (Wildman–Crippen MR) is 73.9 cm³/mol. The van der Waals surface area contributed by atoms with Crippen LogP contribution in [-0.4, -0.2) is 58.6 Å². The van der Waals surface area contributed by atoms with Gasteiger partial charge in [-0.05, 0) is 26.7 Å². The molecule has 2 rings (SSSR count). The van der Waals surface area contributed by atoms with Crippen molar-refractivity contribution >= 4 is 23.6 Å². The molecular weight excluding hydrogens is 274 g/mol. The van der Waals surface area contributed by atoms with Crippen LogP contribution in [0.2, 0.25) is 0 Å². The molecule has 1 N–H and O–H groups in total. The minimum Gasteiger partial charge on any atom is -0.342 e. The molecule has 2 aliphatic heterocycles. The fourth-order valence-electron chi connectivity index (χ4n) is 2.82. The molecule has 2 aliphatic rings. The zero-order chi connectivity index (χ0) is 15.8. The minimum atomic E-state index is -1.05.